The smallest absolute Gasteiger partial charge is 0.187 e. The molecule has 1 saturated carbocycles. The minimum Gasteiger partial charge on any atom is -0.300 e. The summed E-state index contributed by atoms with van der Waals surface area (Å²) in [7, 11) is 1.67. The van der Waals surface area contributed by atoms with Gasteiger partial charge in [0.15, 0.2) is 10.4 Å². The van der Waals surface area contributed by atoms with Gasteiger partial charge in [0.25, 0.3) is 0 Å². The molecule has 0 aromatic carbocycles. The Labute approximate surface area is 95.0 Å². The lowest BCUT2D eigenvalue weighted by atomic mass is 10.0. The highest BCUT2D eigenvalue weighted by Gasteiger charge is 2.32. The molecule has 1 fully saturated rings. The Morgan fingerprint density at radius 1 is 1.60 bits per heavy atom. The van der Waals surface area contributed by atoms with Crippen LogP contribution in [0.3, 0.4) is 0 Å². The van der Waals surface area contributed by atoms with Gasteiger partial charge < -0.3 is 0 Å². The van der Waals surface area contributed by atoms with E-state index in [2.05, 4.69) is 26.2 Å². The minimum absolute atomic E-state index is 0.0415. The molecule has 0 N–H and O–H groups in total. The fourth-order valence-corrected chi connectivity index (χ4v) is 2.35. The molecule has 0 bridgehead atoms. The van der Waals surface area contributed by atoms with E-state index < -0.39 is 0 Å². The molecule has 0 amide bonds. The topological polar surface area (TPSA) is 64.8 Å². The van der Waals surface area contributed by atoms with Crippen LogP contribution in [-0.4, -0.2) is 26.6 Å². The summed E-state index contributed by atoms with van der Waals surface area (Å²) < 4.78 is 1.89. The summed E-state index contributed by atoms with van der Waals surface area (Å²) in [6.07, 6.45) is 1.52. The molecule has 1 aliphatic rings. The Bertz CT molecular complexity index is 407. The van der Waals surface area contributed by atoms with Crippen LogP contribution in [0.4, 0.5) is 0 Å². The van der Waals surface area contributed by atoms with Gasteiger partial charge >= 0.3 is 0 Å². The van der Waals surface area contributed by atoms with Crippen LogP contribution >= 0.6 is 15.9 Å². The van der Waals surface area contributed by atoms with Gasteiger partial charge in [-0.3, -0.25) is 9.59 Å². The number of nitrogens with zero attached hydrogens (tertiary/aromatic N) is 3. The van der Waals surface area contributed by atoms with Crippen molar-refractivity contribution >= 4 is 27.5 Å². The quantitative estimate of drug-likeness (QED) is 0.757. The van der Waals surface area contributed by atoms with E-state index in [0.717, 1.165) is 0 Å². The number of carbonyl (C=O) groups is 2. The first-order valence-corrected chi connectivity index (χ1v) is 5.50. The average molecular weight is 272 g/mol. The first-order chi connectivity index (χ1) is 7.09. The number of rotatable bonds is 2. The van der Waals surface area contributed by atoms with E-state index in [1.165, 1.54) is 4.68 Å². The van der Waals surface area contributed by atoms with Crippen LogP contribution < -0.4 is 0 Å². The van der Waals surface area contributed by atoms with Gasteiger partial charge in [-0.25, -0.2) is 4.68 Å². The van der Waals surface area contributed by atoms with Crippen molar-refractivity contribution in [2.24, 2.45) is 13.0 Å². The van der Waals surface area contributed by atoms with Crippen molar-refractivity contribution < 1.29 is 9.59 Å². The highest BCUT2D eigenvalue weighted by atomic mass is 79.9. The number of hydrogen-bond donors (Lipinski definition) is 0. The predicted molar refractivity (Wildman–Crippen MR) is 55.4 cm³/mol. The highest BCUT2D eigenvalue weighted by Crippen LogP contribution is 2.27. The first-order valence-electron chi connectivity index (χ1n) is 4.70. The Balaban J connectivity index is 2.25. The van der Waals surface area contributed by atoms with Gasteiger partial charge in [-0.1, -0.05) is 5.21 Å². The summed E-state index contributed by atoms with van der Waals surface area (Å²) >= 11 is 3.18. The second kappa shape index (κ2) is 3.84. The number of hydrogen-bond acceptors (Lipinski definition) is 4. The summed E-state index contributed by atoms with van der Waals surface area (Å²) in [6, 6.07) is 0. The summed E-state index contributed by atoms with van der Waals surface area (Å²) in [4.78, 5) is 23.1. The van der Waals surface area contributed by atoms with Crippen LogP contribution in [0.5, 0.6) is 0 Å². The molecule has 0 aliphatic heterocycles. The third-order valence-corrected chi connectivity index (χ3v) is 3.17. The van der Waals surface area contributed by atoms with E-state index in [1.807, 2.05) is 0 Å². The molecule has 0 spiro atoms. The second-order valence-corrected chi connectivity index (χ2v) is 4.45. The van der Waals surface area contributed by atoms with Gasteiger partial charge in [-0.2, -0.15) is 0 Å². The molecule has 1 heterocycles. The van der Waals surface area contributed by atoms with Gasteiger partial charge in [0.2, 0.25) is 0 Å². The minimum atomic E-state index is -0.189. The highest BCUT2D eigenvalue weighted by molar-refractivity contribution is 9.10. The molecule has 15 heavy (non-hydrogen) atoms. The molecule has 1 aromatic rings. The molecule has 0 saturated heterocycles. The summed E-state index contributed by atoms with van der Waals surface area (Å²) in [5.74, 6) is -0.0641. The fourth-order valence-electron chi connectivity index (χ4n) is 1.82. The van der Waals surface area contributed by atoms with Gasteiger partial charge in [0.1, 0.15) is 11.5 Å². The van der Waals surface area contributed by atoms with Crippen LogP contribution in [0, 0.1) is 5.92 Å². The summed E-state index contributed by atoms with van der Waals surface area (Å²) in [6.45, 7) is 0. The number of carbonyl (C=O) groups excluding carboxylic acids is 2. The van der Waals surface area contributed by atoms with Crippen molar-refractivity contribution in [2.45, 2.75) is 19.3 Å². The first kappa shape index (κ1) is 10.5. The monoisotopic (exact) mass is 271 g/mol. The fraction of sp³-hybridized carbons (Fsp3) is 0.556. The molecule has 80 valence electrons. The van der Waals surface area contributed by atoms with Crippen molar-refractivity contribution in [3.8, 4) is 0 Å². The maximum atomic E-state index is 12.0. The van der Waals surface area contributed by atoms with Gasteiger partial charge in [-0.05, 0) is 22.4 Å². The SMILES string of the molecule is Cn1nnc(Br)c1C(=O)C1CCC(=O)C1. The Hall–Kier alpha value is -1.04. The standard InChI is InChI=1S/C9H10BrN3O2/c1-13-7(9(10)11-12-13)8(15)5-2-3-6(14)4-5/h5H,2-4H2,1H3. The molecule has 1 atom stereocenters. The van der Waals surface area contributed by atoms with E-state index in [1.54, 1.807) is 7.05 Å². The molecular weight excluding hydrogens is 262 g/mol. The predicted octanol–water partition coefficient (Wildman–Crippen LogP) is 1.13. The average Bonchev–Trinajstić information content (AvgIpc) is 2.73. The zero-order chi connectivity index (χ0) is 11.0. The van der Waals surface area contributed by atoms with Crippen LogP contribution in [0.2, 0.25) is 0 Å². The van der Waals surface area contributed by atoms with Crippen molar-refractivity contribution in [1.82, 2.24) is 15.0 Å². The maximum absolute atomic E-state index is 12.0. The number of halogens is 1. The Morgan fingerprint density at radius 2 is 2.33 bits per heavy atom. The molecule has 1 aliphatic carbocycles. The normalized spacial score (nSPS) is 20.9. The van der Waals surface area contributed by atoms with E-state index in [4.69, 9.17) is 0 Å². The molecule has 1 aromatic heterocycles. The lowest BCUT2D eigenvalue weighted by molar-refractivity contribution is -0.117. The van der Waals surface area contributed by atoms with Gasteiger partial charge in [-0.15, -0.1) is 5.10 Å². The lowest BCUT2D eigenvalue weighted by Gasteiger charge is -2.06. The van der Waals surface area contributed by atoms with E-state index in [0.29, 0.717) is 29.6 Å². The largest absolute Gasteiger partial charge is 0.300 e. The van der Waals surface area contributed by atoms with Crippen LogP contribution in [-0.2, 0) is 11.8 Å². The van der Waals surface area contributed by atoms with Gasteiger partial charge in [0.05, 0.1) is 0 Å². The van der Waals surface area contributed by atoms with Crippen LogP contribution in [0.25, 0.3) is 0 Å². The molecule has 2 rings (SSSR count). The number of aryl methyl sites for hydroxylation is 1. The van der Waals surface area contributed by atoms with Crippen molar-refractivity contribution in [2.75, 3.05) is 0 Å². The number of ketones is 2. The lowest BCUT2D eigenvalue weighted by Crippen LogP contribution is -2.16. The summed E-state index contributed by atoms with van der Waals surface area (Å²) in [5, 5.41) is 7.49. The van der Waals surface area contributed by atoms with Crippen LogP contribution in [0.1, 0.15) is 29.8 Å². The number of aromatic nitrogens is 3. The zero-order valence-electron chi connectivity index (χ0n) is 8.23. The molecule has 6 heteroatoms. The van der Waals surface area contributed by atoms with Gasteiger partial charge in [0, 0.05) is 25.8 Å². The van der Waals surface area contributed by atoms with Crippen LogP contribution in [0.15, 0.2) is 4.60 Å². The van der Waals surface area contributed by atoms with E-state index in [-0.39, 0.29) is 17.5 Å². The van der Waals surface area contributed by atoms with E-state index >= 15 is 0 Å². The zero-order valence-corrected chi connectivity index (χ0v) is 9.82. The third-order valence-electron chi connectivity index (χ3n) is 2.64. The molecular formula is C9H10BrN3O2. The van der Waals surface area contributed by atoms with Crippen molar-refractivity contribution in [1.29, 1.82) is 0 Å². The van der Waals surface area contributed by atoms with Crippen molar-refractivity contribution in [3.63, 3.8) is 0 Å². The third kappa shape index (κ3) is 1.86. The van der Waals surface area contributed by atoms with E-state index in [9.17, 15) is 9.59 Å². The Kier molecular flexibility index (Phi) is 2.68. The maximum Gasteiger partial charge on any atom is 0.187 e. The van der Waals surface area contributed by atoms with Crippen molar-refractivity contribution in [3.05, 3.63) is 10.3 Å². The second-order valence-electron chi connectivity index (χ2n) is 3.70. The molecule has 0 radical (unpaired) electrons. The Morgan fingerprint density at radius 3 is 2.80 bits per heavy atom. The molecule has 5 nitrogen and oxygen atoms in total. The number of Topliss-reactive ketones (excluding diaryl/α,β-unsaturated/α-hetero) is 2. The summed E-state index contributed by atoms with van der Waals surface area (Å²) in [5.41, 5.74) is 0.453. The molecule has 1 unspecified atom stereocenters.